The summed E-state index contributed by atoms with van der Waals surface area (Å²) >= 11 is 6.97. The van der Waals surface area contributed by atoms with E-state index >= 15 is 0 Å². The van der Waals surface area contributed by atoms with Crippen LogP contribution in [0.2, 0.25) is 0 Å². The summed E-state index contributed by atoms with van der Waals surface area (Å²) < 4.78 is 16.7. The van der Waals surface area contributed by atoms with Crippen LogP contribution in [0.1, 0.15) is 49.8 Å². The van der Waals surface area contributed by atoms with E-state index in [-0.39, 0.29) is 5.91 Å². The first-order valence-corrected chi connectivity index (χ1v) is 14.7. The zero-order valence-corrected chi connectivity index (χ0v) is 23.8. The Hall–Kier alpha value is -2.80. The topological polar surface area (TPSA) is 61.8 Å². The van der Waals surface area contributed by atoms with Gasteiger partial charge in [-0.25, -0.2) is 8.93 Å². The van der Waals surface area contributed by atoms with Crippen LogP contribution in [0.15, 0.2) is 94.8 Å². The number of alkyl halides is 1. The zero-order chi connectivity index (χ0) is 27.1. The molecule has 3 aromatic carbocycles. The van der Waals surface area contributed by atoms with Gasteiger partial charge in [-0.05, 0) is 52.2 Å². The van der Waals surface area contributed by atoms with Crippen molar-refractivity contribution in [2.24, 2.45) is 4.99 Å². The first-order valence-electron chi connectivity index (χ1n) is 13.1. The molecule has 4 rings (SSSR count). The van der Waals surface area contributed by atoms with Crippen LogP contribution in [0, 0.1) is 6.92 Å². The molecule has 1 fully saturated rings. The average molecular weight is 550 g/mol. The number of halogens is 1. The van der Waals surface area contributed by atoms with Gasteiger partial charge in [0, 0.05) is 24.2 Å². The average Bonchev–Trinajstić information content (AvgIpc) is 2.93. The fourth-order valence-corrected chi connectivity index (χ4v) is 6.06. The molecule has 1 saturated heterocycles. The van der Waals surface area contributed by atoms with Crippen LogP contribution in [0.25, 0.3) is 0 Å². The second-order valence-corrected chi connectivity index (χ2v) is 12.5. The Balaban J connectivity index is 1.82. The standard InChI is InChI=1S/C31H36ClN3O2S/c1-23-17-19-26(20-18-23)38(37)34-29(31(2,3)32)28(30(36)35-21-11-6-12-22-35)33-27(24-13-7-4-8-14-24)25-15-9-5-10-16-25/h4-5,7-10,13-20,28-29,34H,6,11-12,21-22H2,1-3H3/t28-,29-,38-/m0/s1. The minimum Gasteiger partial charge on any atom is -0.341 e. The summed E-state index contributed by atoms with van der Waals surface area (Å²) in [4.78, 5) is 20.9. The number of carbonyl (C=O) groups excluding carboxylic acids is 1. The highest BCUT2D eigenvalue weighted by atomic mass is 35.5. The maximum atomic E-state index is 14.2. The van der Waals surface area contributed by atoms with E-state index in [0.29, 0.717) is 23.7 Å². The predicted molar refractivity (Wildman–Crippen MR) is 157 cm³/mol. The number of hydrogen-bond donors (Lipinski definition) is 1. The van der Waals surface area contributed by atoms with Gasteiger partial charge in [0.2, 0.25) is 5.91 Å². The Labute approximate surface area is 233 Å². The van der Waals surface area contributed by atoms with E-state index in [1.165, 1.54) is 0 Å². The maximum absolute atomic E-state index is 14.2. The SMILES string of the molecule is Cc1ccc([S@](=O)N[C@@H]([C@H](N=C(c2ccccc2)c2ccccc2)C(=O)N2CCCCC2)C(C)(C)Cl)cc1. The summed E-state index contributed by atoms with van der Waals surface area (Å²) in [5.74, 6) is -0.0961. The first-order chi connectivity index (χ1) is 18.2. The minimum absolute atomic E-state index is 0.0961. The summed E-state index contributed by atoms with van der Waals surface area (Å²) in [6.45, 7) is 7.05. The number of nitrogens with zero attached hydrogens (tertiary/aromatic N) is 2. The van der Waals surface area contributed by atoms with Crippen molar-refractivity contribution in [3.63, 3.8) is 0 Å². The number of rotatable bonds is 9. The molecule has 3 aromatic rings. The zero-order valence-electron chi connectivity index (χ0n) is 22.3. The molecule has 0 bridgehead atoms. The molecule has 200 valence electrons. The van der Waals surface area contributed by atoms with Gasteiger partial charge in [-0.2, -0.15) is 0 Å². The molecule has 0 unspecified atom stereocenters. The van der Waals surface area contributed by atoms with E-state index in [2.05, 4.69) is 4.72 Å². The molecule has 3 atom stereocenters. The van der Waals surface area contributed by atoms with Crippen molar-refractivity contribution in [3.8, 4) is 0 Å². The third-order valence-corrected chi connectivity index (χ3v) is 8.21. The smallest absolute Gasteiger partial charge is 0.249 e. The molecule has 5 nitrogen and oxygen atoms in total. The highest BCUT2D eigenvalue weighted by Gasteiger charge is 2.42. The van der Waals surface area contributed by atoms with Crippen molar-refractivity contribution in [2.75, 3.05) is 13.1 Å². The van der Waals surface area contributed by atoms with E-state index < -0.39 is 27.9 Å². The summed E-state index contributed by atoms with van der Waals surface area (Å²) in [5, 5.41) is 0. The molecule has 1 N–H and O–H groups in total. The lowest BCUT2D eigenvalue weighted by Crippen LogP contribution is -2.57. The van der Waals surface area contributed by atoms with Crippen molar-refractivity contribution < 1.29 is 9.00 Å². The van der Waals surface area contributed by atoms with Crippen molar-refractivity contribution >= 4 is 34.2 Å². The Morgan fingerprint density at radius 2 is 1.42 bits per heavy atom. The molecule has 1 aliphatic heterocycles. The third kappa shape index (κ3) is 7.19. The van der Waals surface area contributed by atoms with E-state index in [1.807, 2.05) is 111 Å². The highest BCUT2D eigenvalue weighted by molar-refractivity contribution is 7.83. The van der Waals surface area contributed by atoms with Crippen LogP contribution >= 0.6 is 11.6 Å². The number of benzene rings is 3. The molecule has 0 saturated carbocycles. The quantitative estimate of drug-likeness (QED) is 0.266. The Morgan fingerprint density at radius 3 is 1.92 bits per heavy atom. The largest absolute Gasteiger partial charge is 0.341 e. The van der Waals surface area contributed by atoms with Crippen LogP contribution in [0.3, 0.4) is 0 Å². The molecular formula is C31H36ClN3O2S. The van der Waals surface area contributed by atoms with Gasteiger partial charge in [-0.1, -0.05) is 78.4 Å². The van der Waals surface area contributed by atoms with Gasteiger partial charge in [0.15, 0.2) is 0 Å². The lowest BCUT2D eigenvalue weighted by molar-refractivity contribution is -0.134. The summed E-state index contributed by atoms with van der Waals surface area (Å²) in [5.41, 5.74) is 3.59. The monoisotopic (exact) mass is 549 g/mol. The second kappa shape index (κ2) is 12.8. The number of aliphatic imine (C=N–C) groups is 1. The van der Waals surface area contributed by atoms with Crippen molar-refractivity contribution in [1.29, 1.82) is 0 Å². The molecule has 0 aliphatic carbocycles. The lowest BCUT2D eigenvalue weighted by atomic mass is 9.93. The number of hydrogen-bond acceptors (Lipinski definition) is 3. The van der Waals surface area contributed by atoms with Gasteiger partial charge < -0.3 is 4.90 Å². The number of carbonyl (C=O) groups is 1. The summed E-state index contributed by atoms with van der Waals surface area (Å²) in [7, 11) is -1.59. The van der Waals surface area contributed by atoms with Gasteiger partial charge in [0.1, 0.15) is 17.0 Å². The molecule has 1 amide bonds. The predicted octanol–water partition coefficient (Wildman–Crippen LogP) is 5.91. The molecular weight excluding hydrogens is 514 g/mol. The van der Waals surface area contributed by atoms with E-state index in [4.69, 9.17) is 16.6 Å². The third-order valence-electron chi connectivity index (χ3n) is 6.81. The highest BCUT2D eigenvalue weighted by Crippen LogP contribution is 2.27. The van der Waals surface area contributed by atoms with Crippen LogP contribution in [0.5, 0.6) is 0 Å². The van der Waals surface area contributed by atoms with Crippen LogP contribution in [0.4, 0.5) is 0 Å². The molecule has 0 spiro atoms. The second-order valence-electron chi connectivity index (χ2n) is 10.3. The molecule has 7 heteroatoms. The normalized spacial score (nSPS) is 16.4. The van der Waals surface area contributed by atoms with Crippen molar-refractivity contribution in [3.05, 3.63) is 102 Å². The van der Waals surface area contributed by atoms with E-state index in [0.717, 1.165) is 36.0 Å². The van der Waals surface area contributed by atoms with Crippen molar-refractivity contribution in [2.45, 2.75) is 61.9 Å². The van der Waals surface area contributed by atoms with Gasteiger partial charge >= 0.3 is 0 Å². The Morgan fingerprint density at radius 1 is 0.895 bits per heavy atom. The van der Waals surface area contributed by atoms with Gasteiger partial charge in [-0.3, -0.25) is 9.79 Å². The summed E-state index contributed by atoms with van der Waals surface area (Å²) in [6.07, 6.45) is 3.03. The molecule has 1 aliphatic rings. The molecule has 0 radical (unpaired) electrons. The Bertz CT molecular complexity index is 1210. The molecule has 1 heterocycles. The number of nitrogens with one attached hydrogen (secondary N) is 1. The summed E-state index contributed by atoms with van der Waals surface area (Å²) in [6, 6.07) is 25.7. The van der Waals surface area contributed by atoms with Gasteiger partial charge in [0.05, 0.1) is 21.5 Å². The number of likely N-dealkylation sites (tertiary alicyclic amines) is 1. The minimum atomic E-state index is -1.59. The van der Waals surface area contributed by atoms with E-state index in [1.54, 1.807) is 0 Å². The molecule has 38 heavy (non-hydrogen) atoms. The first kappa shape index (κ1) is 28.2. The number of aryl methyl sites for hydroxylation is 1. The van der Waals surface area contributed by atoms with Crippen LogP contribution < -0.4 is 4.72 Å². The van der Waals surface area contributed by atoms with Crippen molar-refractivity contribution in [1.82, 2.24) is 9.62 Å². The number of amides is 1. The lowest BCUT2D eigenvalue weighted by Gasteiger charge is -2.37. The number of piperidine rings is 1. The van der Waals surface area contributed by atoms with Gasteiger partial charge in [-0.15, -0.1) is 11.6 Å². The molecule has 0 aromatic heterocycles. The van der Waals surface area contributed by atoms with Gasteiger partial charge in [0.25, 0.3) is 0 Å². The van der Waals surface area contributed by atoms with Crippen LogP contribution in [-0.4, -0.2) is 50.8 Å². The Kier molecular flexibility index (Phi) is 9.53. The maximum Gasteiger partial charge on any atom is 0.249 e. The van der Waals surface area contributed by atoms with Crippen LogP contribution in [-0.2, 0) is 15.8 Å². The fraction of sp³-hybridized carbons (Fsp3) is 0.355. The fourth-order valence-electron chi connectivity index (χ4n) is 4.65. The van der Waals surface area contributed by atoms with E-state index in [9.17, 15) is 9.00 Å².